The largest absolute Gasteiger partial charge is 0.298 e. The van der Waals surface area contributed by atoms with Gasteiger partial charge in [0.1, 0.15) is 5.78 Å². The number of ketones is 2. The normalized spacial score (nSPS) is 30.2. The Kier molecular flexibility index (Phi) is 3.66. The number of fused-ring (bicyclic) bond motifs is 1. The average molecular weight is 313 g/mol. The molecule has 5 heteroatoms. The number of rotatable bonds is 1. The Morgan fingerprint density at radius 2 is 1.91 bits per heavy atom. The van der Waals surface area contributed by atoms with Gasteiger partial charge in [-0.3, -0.25) is 24.5 Å². The van der Waals surface area contributed by atoms with E-state index in [0.717, 1.165) is 5.57 Å². The third-order valence-corrected chi connectivity index (χ3v) is 4.62. The van der Waals surface area contributed by atoms with E-state index in [1.54, 1.807) is 6.08 Å². The molecule has 2 fully saturated rings. The molecule has 3 aliphatic rings. The molecule has 3 rings (SSSR count). The first kappa shape index (κ1) is 15.6. The minimum atomic E-state index is -0.971. The van der Waals surface area contributed by atoms with Crippen LogP contribution in [0.2, 0.25) is 0 Å². The zero-order valence-corrected chi connectivity index (χ0v) is 13.2. The molecule has 1 saturated carbocycles. The predicted molar refractivity (Wildman–Crippen MR) is 83.1 cm³/mol. The molecule has 23 heavy (non-hydrogen) atoms. The summed E-state index contributed by atoms with van der Waals surface area (Å²) < 4.78 is 0. The van der Waals surface area contributed by atoms with Crippen LogP contribution >= 0.6 is 0 Å². The number of carbonyl (C=O) groups excluding carboxylic acids is 4. The van der Waals surface area contributed by atoms with Crippen LogP contribution in [0.1, 0.15) is 33.1 Å². The van der Waals surface area contributed by atoms with Gasteiger partial charge in [0.25, 0.3) is 0 Å². The van der Waals surface area contributed by atoms with Crippen molar-refractivity contribution in [2.45, 2.75) is 33.1 Å². The molecule has 1 N–H and O–H groups in total. The maximum atomic E-state index is 12.8. The van der Waals surface area contributed by atoms with Crippen LogP contribution in [0, 0.1) is 17.3 Å². The van der Waals surface area contributed by atoms with E-state index >= 15 is 0 Å². The van der Waals surface area contributed by atoms with Crippen molar-refractivity contribution in [1.82, 2.24) is 5.32 Å². The first-order valence-corrected chi connectivity index (χ1v) is 7.81. The third-order valence-electron chi connectivity index (χ3n) is 4.62. The molecule has 0 spiro atoms. The molecule has 2 atom stereocenters. The van der Waals surface area contributed by atoms with Gasteiger partial charge in [-0.2, -0.15) is 0 Å². The third kappa shape index (κ3) is 2.83. The number of allylic oxidation sites excluding steroid dienone is 6. The Morgan fingerprint density at radius 1 is 1.17 bits per heavy atom. The van der Waals surface area contributed by atoms with Gasteiger partial charge in [-0.25, -0.2) is 0 Å². The highest BCUT2D eigenvalue weighted by Crippen LogP contribution is 2.38. The quantitative estimate of drug-likeness (QED) is 0.589. The molecule has 5 nitrogen and oxygen atoms in total. The lowest BCUT2D eigenvalue weighted by atomic mass is 9.70. The van der Waals surface area contributed by atoms with E-state index in [-0.39, 0.29) is 42.2 Å². The van der Waals surface area contributed by atoms with Gasteiger partial charge in [0.15, 0.2) is 5.78 Å². The highest BCUT2D eigenvalue weighted by Gasteiger charge is 2.45. The van der Waals surface area contributed by atoms with Gasteiger partial charge in [0, 0.05) is 23.8 Å². The highest BCUT2D eigenvalue weighted by molar-refractivity contribution is 6.19. The minimum absolute atomic E-state index is 0.158. The number of imide groups is 1. The van der Waals surface area contributed by atoms with Crippen LogP contribution < -0.4 is 5.32 Å². The fraction of sp³-hybridized carbons (Fsp3) is 0.444. The number of Topliss-reactive ketones (excluding diaryl/α,β-unsaturated/α-hetero) is 2. The van der Waals surface area contributed by atoms with E-state index in [9.17, 15) is 19.2 Å². The maximum Gasteiger partial charge on any atom is 0.230 e. The van der Waals surface area contributed by atoms with Crippen LogP contribution in [0.3, 0.4) is 0 Å². The Bertz CT molecular complexity index is 709. The van der Waals surface area contributed by atoms with E-state index in [1.165, 1.54) is 0 Å². The van der Waals surface area contributed by atoms with Gasteiger partial charge in [0.2, 0.25) is 11.8 Å². The summed E-state index contributed by atoms with van der Waals surface area (Å²) in [6.45, 7) is 4.02. The number of amides is 2. The topological polar surface area (TPSA) is 80.3 Å². The van der Waals surface area contributed by atoms with Gasteiger partial charge in [-0.1, -0.05) is 38.2 Å². The van der Waals surface area contributed by atoms with Gasteiger partial charge in [0.05, 0.1) is 11.8 Å². The lowest BCUT2D eigenvalue weighted by molar-refractivity contribution is -0.145. The monoisotopic (exact) mass is 313 g/mol. The highest BCUT2D eigenvalue weighted by atomic mass is 16.2. The number of piperidine rings is 1. The standard InChI is InChI=1S/C18H19NO4/c1-18(2)7-3-4-11-10(9-18)8-13(20)15(16(11)22)12-5-6-14(21)19-17(12)23/h3-4,7,9,12,15H,5-6,8H2,1-2H3,(H,19,21,23). The SMILES string of the molecule is CC1(C)C=CC=C2C(=O)C(C3CCC(=O)NC3=O)C(=O)CC2=C1. The summed E-state index contributed by atoms with van der Waals surface area (Å²) in [5, 5.41) is 2.23. The van der Waals surface area contributed by atoms with E-state index < -0.39 is 17.7 Å². The van der Waals surface area contributed by atoms with Crippen molar-refractivity contribution in [3.05, 3.63) is 35.5 Å². The van der Waals surface area contributed by atoms with Gasteiger partial charge in [-0.15, -0.1) is 0 Å². The maximum absolute atomic E-state index is 12.8. The van der Waals surface area contributed by atoms with Crippen molar-refractivity contribution in [2.24, 2.45) is 17.3 Å². The van der Waals surface area contributed by atoms with Crippen LogP contribution in [0.5, 0.6) is 0 Å². The molecule has 2 aliphatic carbocycles. The Labute approximate surface area is 134 Å². The molecular weight excluding hydrogens is 294 g/mol. The molecule has 2 unspecified atom stereocenters. The second-order valence-corrected chi connectivity index (χ2v) is 6.97. The predicted octanol–water partition coefficient (Wildman–Crippen LogP) is 1.65. The molecule has 0 bridgehead atoms. The summed E-state index contributed by atoms with van der Waals surface area (Å²) >= 11 is 0. The van der Waals surface area contributed by atoms with Crippen LogP contribution in [-0.4, -0.2) is 23.4 Å². The van der Waals surface area contributed by atoms with Crippen molar-refractivity contribution >= 4 is 23.4 Å². The average Bonchev–Trinajstić information content (AvgIpc) is 2.58. The molecule has 2 amide bonds. The zero-order valence-electron chi connectivity index (χ0n) is 13.2. The second-order valence-electron chi connectivity index (χ2n) is 6.97. The van der Waals surface area contributed by atoms with Crippen LogP contribution in [0.15, 0.2) is 35.5 Å². The second kappa shape index (κ2) is 5.41. The molecular formula is C18H19NO4. The van der Waals surface area contributed by atoms with Crippen molar-refractivity contribution in [1.29, 1.82) is 0 Å². The molecule has 1 saturated heterocycles. The van der Waals surface area contributed by atoms with E-state index in [4.69, 9.17) is 0 Å². The Hall–Kier alpha value is -2.30. The summed E-state index contributed by atoms with van der Waals surface area (Å²) in [6.07, 6.45) is 8.05. The van der Waals surface area contributed by atoms with Crippen LogP contribution in [-0.2, 0) is 19.2 Å². The number of hydrogen-bond donors (Lipinski definition) is 1. The van der Waals surface area contributed by atoms with Gasteiger partial charge < -0.3 is 0 Å². The number of hydrogen-bond acceptors (Lipinski definition) is 4. The molecule has 1 aliphatic heterocycles. The molecule has 0 radical (unpaired) electrons. The smallest absolute Gasteiger partial charge is 0.230 e. The Morgan fingerprint density at radius 3 is 2.61 bits per heavy atom. The van der Waals surface area contributed by atoms with E-state index in [1.807, 2.05) is 32.1 Å². The zero-order chi connectivity index (χ0) is 16.8. The fourth-order valence-electron chi connectivity index (χ4n) is 3.51. The van der Waals surface area contributed by atoms with E-state index in [0.29, 0.717) is 5.57 Å². The van der Waals surface area contributed by atoms with Gasteiger partial charge >= 0.3 is 0 Å². The number of carbonyl (C=O) groups is 4. The van der Waals surface area contributed by atoms with Crippen molar-refractivity contribution in [3.63, 3.8) is 0 Å². The lowest BCUT2D eigenvalue weighted by Crippen LogP contribution is -2.49. The lowest BCUT2D eigenvalue weighted by Gasteiger charge is -2.32. The molecule has 120 valence electrons. The molecule has 0 aromatic carbocycles. The summed E-state index contributed by atoms with van der Waals surface area (Å²) in [5.74, 6) is -3.10. The Balaban J connectivity index is 1.94. The summed E-state index contributed by atoms with van der Waals surface area (Å²) in [4.78, 5) is 48.7. The van der Waals surface area contributed by atoms with Crippen LogP contribution in [0.4, 0.5) is 0 Å². The molecule has 0 aromatic heterocycles. The van der Waals surface area contributed by atoms with Crippen LogP contribution in [0.25, 0.3) is 0 Å². The summed E-state index contributed by atoms with van der Waals surface area (Å²) in [7, 11) is 0. The van der Waals surface area contributed by atoms with Crippen molar-refractivity contribution in [2.75, 3.05) is 0 Å². The summed E-state index contributed by atoms with van der Waals surface area (Å²) in [5.41, 5.74) is 1.02. The van der Waals surface area contributed by atoms with E-state index in [2.05, 4.69) is 5.32 Å². The first-order chi connectivity index (χ1) is 10.8. The first-order valence-electron chi connectivity index (χ1n) is 7.81. The molecule has 0 aromatic rings. The van der Waals surface area contributed by atoms with Gasteiger partial charge in [-0.05, 0) is 12.0 Å². The van der Waals surface area contributed by atoms with Crippen molar-refractivity contribution in [3.8, 4) is 0 Å². The summed E-state index contributed by atoms with van der Waals surface area (Å²) in [6, 6.07) is 0. The number of nitrogens with one attached hydrogen (secondary N) is 1. The van der Waals surface area contributed by atoms with Crippen molar-refractivity contribution < 1.29 is 19.2 Å². The fourth-order valence-corrected chi connectivity index (χ4v) is 3.51. The molecule has 1 heterocycles. The minimum Gasteiger partial charge on any atom is -0.298 e.